The van der Waals surface area contributed by atoms with Crippen LogP contribution in [0.4, 0.5) is 5.82 Å². The van der Waals surface area contributed by atoms with E-state index in [2.05, 4.69) is 27.5 Å². The van der Waals surface area contributed by atoms with Crippen molar-refractivity contribution in [2.45, 2.75) is 33.1 Å². The van der Waals surface area contributed by atoms with E-state index >= 15 is 0 Å². The first-order chi connectivity index (χ1) is 11.4. The van der Waals surface area contributed by atoms with E-state index in [0.717, 1.165) is 29.5 Å². The molecule has 0 radical (unpaired) electrons. The number of aliphatic carboxylic acids is 1. The van der Waals surface area contributed by atoms with Crippen molar-refractivity contribution in [2.24, 2.45) is 5.92 Å². The molecule has 0 spiro atoms. The van der Waals surface area contributed by atoms with Gasteiger partial charge >= 0.3 is 5.97 Å². The molecule has 8 heteroatoms. The second-order valence-corrected chi connectivity index (χ2v) is 7.26. The first-order valence-corrected chi connectivity index (χ1v) is 8.77. The molecule has 1 unspecified atom stereocenters. The predicted octanol–water partition coefficient (Wildman–Crippen LogP) is 1.74. The summed E-state index contributed by atoms with van der Waals surface area (Å²) in [6.45, 7) is 3.69. The molecule has 3 rings (SSSR count). The van der Waals surface area contributed by atoms with E-state index in [1.165, 1.54) is 10.4 Å². The number of rotatable bonds is 5. The van der Waals surface area contributed by atoms with Gasteiger partial charge in [-0.25, -0.2) is 9.97 Å². The van der Waals surface area contributed by atoms with Gasteiger partial charge in [0.2, 0.25) is 5.91 Å². The van der Waals surface area contributed by atoms with Gasteiger partial charge in [-0.3, -0.25) is 9.59 Å². The van der Waals surface area contributed by atoms with Crippen molar-refractivity contribution >= 4 is 39.2 Å². The Morgan fingerprint density at radius 3 is 2.88 bits per heavy atom. The Bertz CT molecular complexity index is 802. The number of amides is 1. The highest BCUT2D eigenvalue weighted by Gasteiger charge is 2.23. The molecule has 2 aromatic heterocycles. The molecule has 2 aromatic rings. The summed E-state index contributed by atoms with van der Waals surface area (Å²) in [6, 6.07) is 0. The highest BCUT2D eigenvalue weighted by Crippen LogP contribution is 2.39. The third-order valence-electron chi connectivity index (χ3n) is 4.12. The van der Waals surface area contributed by atoms with Crippen LogP contribution in [0, 0.1) is 12.8 Å². The van der Waals surface area contributed by atoms with Crippen molar-refractivity contribution < 1.29 is 14.7 Å². The molecule has 0 saturated carbocycles. The quantitative estimate of drug-likeness (QED) is 0.760. The number of hydrogen-bond acceptors (Lipinski definition) is 6. The second-order valence-electron chi connectivity index (χ2n) is 6.18. The van der Waals surface area contributed by atoms with Crippen LogP contribution >= 0.6 is 11.3 Å². The molecule has 0 bridgehead atoms. The SMILES string of the molecule is Cc1nc(NCC(=O)NCC(=O)O)c2c3c(sc2n1)CC(C)CC3. The monoisotopic (exact) mass is 348 g/mol. The largest absolute Gasteiger partial charge is 0.480 e. The van der Waals surface area contributed by atoms with Gasteiger partial charge in [0.15, 0.2) is 0 Å². The number of fused-ring (bicyclic) bond motifs is 3. The minimum absolute atomic E-state index is 0.0140. The van der Waals surface area contributed by atoms with Gasteiger partial charge in [0.25, 0.3) is 0 Å². The summed E-state index contributed by atoms with van der Waals surface area (Å²) in [7, 11) is 0. The average Bonchev–Trinajstić information content (AvgIpc) is 2.87. The zero-order valence-electron chi connectivity index (χ0n) is 13.7. The Hall–Kier alpha value is -2.22. The maximum atomic E-state index is 11.7. The lowest BCUT2D eigenvalue weighted by atomic mass is 9.89. The first kappa shape index (κ1) is 16.6. The van der Waals surface area contributed by atoms with Crippen LogP contribution in [0.1, 0.15) is 29.6 Å². The van der Waals surface area contributed by atoms with Crippen LogP contribution < -0.4 is 10.6 Å². The minimum Gasteiger partial charge on any atom is -0.480 e. The van der Waals surface area contributed by atoms with Gasteiger partial charge in [-0.2, -0.15) is 0 Å². The van der Waals surface area contributed by atoms with Crippen molar-refractivity contribution in [3.05, 3.63) is 16.3 Å². The fourth-order valence-corrected chi connectivity index (χ4v) is 4.41. The Morgan fingerprint density at radius 1 is 1.33 bits per heavy atom. The van der Waals surface area contributed by atoms with E-state index < -0.39 is 5.97 Å². The van der Waals surface area contributed by atoms with Gasteiger partial charge in [-0.1, -0.05) is 6.92 Å². The van der Waals surface area contributed by atoms with Crippen molar-refractivity contribution in [3.8, 4) is 0 Å². The van der Waals surface area contributed by atoms with Crippen LogP contribution in [-0.2, 0) is 22.4 Å². The fourth-order valence-electron chi connectivity index (χ4n) is 2.98. The number of carbonyl (C=O) groups is 2. The van der Waals surface area contributed by atoms with Gasteiger partial charge in [-0.05, 0) is 37.7 Å². The van der Waals surface area contributed by atoms with Crippen molar-refractivity contribution in [2.75, 3.05) is 18.4 Å². The zero-order valence-corrected chi connectivity index (χ0v) is 14.5. The molecule has 7 nitrogen and oxygen atoms in total. The molecule has 24 heavy (non-hydrogen) atoms. The Morgan fingerprint density at radius 2 is 2.12 bits per heavy atom. The van der Waals surface area contributed by atoms with Gasteiger partial charge < -0.3 is 15.7 Å². The molecular formula is C16H20N4O3S. The third kappa shape index (κ3) is 3.48. The molecule has 128 valence electrons. The number of anilines is 1. The Balaban J connectivity index is 1.84. The summed E-state index contributed by atoms with van der Waals surface area (Å²) in [4.78, 5) is 33.5. The van der Waals surface area contributed by atoms with E-state index in [1.54, 1.807) is 11.3 Å². The van der Waals surface area contributed by atoms with Gasteiger partial charge in [0, 0.05) is 4.88 Å². The van der Waals surface area contributed by atoms with Crippen LogP contribution in [0.5, 0.6) is 0 Å². The molecule has 1 atom stereocenters. The zero-order chi connectivity index (χ0) is 17.3. The number of aromatic nitrogens is 2. The van der Waals surface area contributed by atoms with E-state index in [4.69, 9.17) is 5.11 Å². The number of aryl methyl sites for hydroxylation is 2. The number of nitrogens with one attached hydrogen (secondary N) is 2. The van der Waals surface area contributed by atoms with Crippen LogP contribution in [0.25, 0.3) is 10.2 Å². The summed E-state index contributed by atoms with van der Waals surface area (Å²) >= 11 is 1.71. The van der Waals surface area contributed by atoms with Gasteiger partial charge in [0.05, 0.1) is 11.9 Å². The summed E-state index contributed by atoms with van der Waals surface area (Å²) in [5.74, 6) is 0.555. The van der Waals surface area contributed by atoms with Crippen LogP contribution in [0.2, 0.25) is 0 Å². The molecule has 2 heterocycles. The predicted molar refractivity (Wildman–Crippen MR) is 92.5 cm³/mol. The molecule has 1 amide bonds. The van der Waals surface area contributed by atoms with Crippen molar-refractivity contribution in [1.82, 2.24) is 15.3 Å². The number of carboxylic acid groups (broad SMARTS) is 1. The average molecular weight is 348 g/mol. The van der Waals surface area contributed by atoms with E-state index in [-0.39, 0.29) is 19.0 Å². The maximum absolute atomic E-state index is 11.7. The highest BCUT2D eigenvalue weighted by molar-refractivity contribution is 7.19. The number of thiophene rings is 1. The third-order valence-corrected chi connectivity index (χ3v) is 5.27. The molecule has 0 saturated heterocycles. The number of nitrogens with zero attached hydrogens (tertiary/aromatic N) is 2. The second kappa shape index (κ2) is 6.72. The lowest BCUT2D eigenvalue weighted by Crippen LogP contribution is -2.34. The van der Waals surface area contributed by atoms with Crippen LogP contribution in [-0.4, -0.2) is 40.0 Å². The molecule has 1 aliphatic carbocycles. The number of carbonyl (C=O) groups excluding carboxylic acids is 1. The number of hydrogen-bond donors (Lipinski definition) is 3. The standard InChI is InChI=1S/C16H20N4O3S/c1-8-3-4-10-11(5-8)24-16-14(10)15(19-9(2)20-16)18-6-12(21)17-7-13(22)23/h8H,3-7H2,1-2H3,(H,17,21)(H,22,23)(H,18,19,20). The molecule has 3 N–H and O–H groups in total. The Labute approximate surface area is 143 Å². The normalized spacial score (nSPS) is 16.7. The first-order valence-electron chi connectivity index (χ1n) is 7.95. The fraction of sp³-hybridized carbons (Fsp3) is 0.500. The minimum atomic E-state index is -1.07. The van der Waals surface area contributed by atoms with Crippen molar-refractivity contribution in [3.63, 3.8) is 0 Å². The van der Waals surface area contributed by atoms with E-state index in [1.807, 2.05) is 6.92 Å². The van der Waals surface area contributed by atoms with E-state index in [0.29, 0.717) is 17.6 Å². The lowest BCUT2D eigenvalue weighted by molar-refractivity contribution is -0.137. The van der Waals surface area contributed by atoms with Crippen molar-refractivity contribution in [1.29, 1.82) is 0 Å². The van der Waals surface area contributed by atoms with Crippen LogP contribution in [0.3, 0.4) is 0 Å². The molecular weight excluding hydrogens is 328 g/mol. The summed E-state index contributed by atoms with van der Waals surface area (Å²) in [5.41, 5.74) is 1.29. The topological polar surface area (TPSA) is 104 Å². The molecule has 0 aliphatic heterocycles. The number of carboxylic acids is 1. The van der Waals surface area contributed by atoms with Gasteiger partial charge in [-0.15, -0.1) is 11.3 Å². The van der Waals surface area contributed by atoms with E-state index in [9.17, 15) is 9.59 Å². The summed E-state index contributed by atoms with van der Waals surface area (Å²) < 4.78 is 0. The van der Waals surface area contributed by atoms with Gasteiger partial charge in [0.1, 0.15) is 23.0 Å². The summed E-state index contributed by atoms with van der Waals surface area (Å²) in [6.07, 6.45) is 3.21. The summed E-state index contributed by atoms with van der Waals surface area (Å²) in [5, 5.41) is 15.0. The molecule has 0 fully saturated rings. The Kier molecular flexibility index (Phi) is 4.66. The smallest absolute Gasteiger partial charge is 0.322 e. The highest BCUT2D eigenvalue weighted by atomic mass is 32.1. The molecule has 1 aliphatic rings. The maximum Gasteiger partial charge on any atom is 0.322 e. The lowest BCUT2D eigenvalue weighted by Gasteiger charge is -2.18. The van der Waals surface area contributed by atoms with Crippen LogP contribution in [0.15, 0.2) is 0 Å². The molecule has 0 aromatic carbocycles.